The van der Waals surface area contributed by atoms with Crippen LogP contribution in [0.3, 0.4) is 0 Å². The molecule has 5 nitrogen and oxygen atoms in total. The number of halogens is 1. The van der Waals surface area contributed by atoms with E-state index < -0.39 is 17.6 Å². The predicted molar refractivity (Wildman–Crippen MR) is 81.3 cm³/mol. The first kappa shape index (κ1) is 15.5. The summed E-state index contributed by atoms with van der Waals surface area (Å²) in [7, 11) is 0. The van der Waals surface area contributed by atoms with Gasteiger partial charge in [0.25, 0.3) is 0 Å². The van der Waals surface area contributed by atoms with Crippen LogP contribution in [0.2, 0.25) is 0 Å². The lowest BCUT2D eigenvalue weighted by molar-refractivity contribution is -0.133. The smallest absolute Gasteiger partial charge is 0.314 e. The predicted octanol–water partition coefficient (Wildman–Crippen LogP) is 2.80. The van der Waals surface area contributed by atoms with Crippen molar-refractivity contribution in [2.24, 2.45) is 0 Å². The molecule has 2 aromatic carbocycles. The van der Waals surface area contributed by atoms with E-state index in [1.54, 1.807) is 24.3 Å². The quantitative estimate of drug-likeness (QED) is 0.853. The second-order valence-electron chi connectivity index (χ2n) is 4.34. The van der Waals surface area contributed by atoms with Crippen molar-refractivity contribution in [3.05, 3.63) is 54.3 Å². The average Bonchev–Trinajstić information content (AvgIpc) is 2.51. The summed E-state index contributed by atoms with van der Waals surface area (Å²) in [5, 5.41) is 4.86. The molecule has 22 heavy (non-hydrogen) atoms. The summed E-state index contributed by atoms with van der Waals surface area (Å²) < 4.78 is 18.1. The molecule has 0 atom stereocenters. The maximum absolute atomic E-state index is 12.8. The van der Waals surface area contributed by atoms with Gasteiger partial charge in [0.15, 0.2) is 0 Å². The Bertz CT molecular complexity index is 671. The van der Waals surface area contributed by atoms with Crippen LogP contribution in [-0.4, -0.2) is 18.4 Å². The molecule has 0 radical (unpaired) electrons. The van der Waals surface area contributed by atoms with Gasteiger partial charge >= 0.3 is 11.8 Å². The lowest BCUT2D eigenvalue weighted by atomic mass is 10.3. The van der Waals surface area contributed by atoms with E-state index >= 15 is 0 Å². The molecule has 6 heteroatoms. The summed E-state index contributed by atoms with van der Waals surface area (Å²) in [5.41, 5.74) is 0.739. The van der Waals surface area contributed by atoms with Crippen molar-refractivity contribution in [1.82, 2.24) is 0 Å². The minimum atomic E-state index is -0.849. The number of hydrogen-bond donors (Lipinski definition) is 2. The number of para-hydroxylation sites is 2. The standard InChI is InChI=1S/C16H15FN2O3/c1-2-22-14-6-4-3-5-13(14)19-16(21)15(20)18-12-9-7-11(17)8-10-12/h3-10H,2H2,1H3,(H,18,20)(H,19,21). The number of benzene rings is 2. The monoisotopic (exact) mass is 302 g/mol. The fraction of sp³-hybridized carbons (Fsp3) is 0.125. The number of rotatable bonds is 4. The Kier molecular flexibility index (Phi) is 5.08. The normalized spacial score (nSPS) is 9.91. The minimum Gasteiger partial charge on any atom is -0.492 e. The molecule has 0 unspecified atom stereocenters. The van der Waals surface area contributed by atoms with Gasteiger partial charge in [0.1, 0.15) is 11.6 Å². The van der Waals surface area contributed by atoms with Crippen molar-refractivity contribution >= 4 is 23.2 Å². The summed E-state index contributed by atoms with van der Waals surface area (Å²) in [6, 6.07) is 11.9. The number of anilines is 2. The summed E-state index contributed by atoms with van der Waals surface area (Å²) >= 11 is 0. The van der Waals surface area contributed by atoms with Gasteiger partial charge in [-0.05, 0) is 43.3 Å². The van der Waals surface area contributed by atoms with Gasteiger partial charge in [-0.2, -0.15) is 0 Å². The number of amides is 2. The highest BCUT2D eigenvalue weighted by molar-refractivity contribution is 6.43. The Morgan fingerprint density at radius 3 is 2.32 bits per heavy atom. The van der Waals surface area contributed by atoms with Crippen LogP contribution in [0.1, 0.15) is 6.92 Å². The Hall–Kier alpha value is -2.89. The fourth-order valence-electron chi connectivity index (χ4n) is 1.75. The SMILES string of the molecule is CCOc1ccccc1NC(=O)C(=O)Nc1ccc(F)cc1. The van der Waals surface area contributed by atoms with Crippen LogP contribution in [0.5, 0.6) is 5.75 Å². The van der Waals surface area contributed by atoms with Gasteiger partial charge in [-0.3, -0.25) is 9.59 Å². The van der Waals surface area contributed by atoms with Crippen molar-refractivity contribution in [3.63, 3.8) is 0 Å². The highest BCUT2D eigenvalue weighted by atomic mass is 19.1. The molecule has 2 rings (SSSR count). The van der Waals surface area contributed by atoms with Crippen molar-refractivity contribution in [3.8, 4) is 5.75 Å². The van der Waals surface area contributed by atoms with E-state index in [-0.39, 0.29) is 0 Å². The van der Waals surface area contributed by atoms with E-state index in [1.165, 1.54) is 24.3 Å². The van der Waals surface area contributed by atoms with Gasteiger partial charge in [0.2, 0.25) is 0 Å². The van der Waals surface area contributed by atoms with Crippen LogP contribution in [0.15, 0.2) is 48.5 Å². The molecular weight excluding hydrogens is 287 g/mol. The zero-order valence-corrected chi connectivity index (χ0v) is 11.9. The summed E-state index contributed by atoms with van der Waals surface area (Å²) in [4.78, 5) is 23.7. The maximum atomic E-state index is 12.8. The third-order valence-electron chi connectivity index (χ3n) is 2.74. The number of hydrogen-bond acceptors (Lipinski definition) is 3. The molecule has 2 amide bonds. The molecule has 2 N–H and O–H groups in total. The molecule has 0 heterocycles. The highest BCUT2D eigenvalue weighted by Crippen LogP contribution is 2.23. The molecule has 0 bridgehead atoms. The molecule has 0 aliphatic heterocycles. The number of carbonyl (C=O) groups is 2. The first-order valence-corrected chi connectivity index (χ1v) is 6.70. The zero-order chi connectivity index (χ0) is 15.9. The summed E-state index contributed by atoms with van der Waals surface area (Å²) in [6.45, 7) is 2.26. The van der Waals surface area contributed by atoms with Crippen LogP contribution in [-0.2, 0) is 9.59 Å². The van der Waals surface area contributed by atoms with Crippen molar-refractivity contribution in [2.45, 2.75) is 6.92 Å². The van der Waals surface area contributed by atoms with Gasteiger partial charge in [-0.15, -0.1) is 0 Å². The van der Waals surface area contributed by atoms with E-state index in [0.717, 1.165) is 0 Å². The topological polar surface area (TPSA) is 67.4 Å². The maximum Gasteiger partial charge on any atom is 0.314 e. The third kappa shape index (κ3) is 4.05. The molecule has 0 fully saturated rings. The Labute approximate surface area is 127 Å². The van der Waals surface area contributed by atoms with Gasteiger partial charge in [0, 0.05) is 5.69 Å². The summed E-state index contributed by atoms with van der Waals surface area (Å²) in [6.07, 6.45) is 0. The van der Waals surface area contributed by atoms with Crippen LogP contribution in [0, 0.1) is 5.82 Å². The molecular formula is C16H15FN2O3. The van der Waals surface area contributed by atoms with Gasteiger partial charge < -0.3 is 15.4 Å². The Balaban J connectivity index is 2.02. The largest absolute Gasteiger partial charge is 0.492 e. The number of ether oxygens (including phenoxy) is 1. The second kappa shape index (κ2) is 7.21. The summed E-state index contributed by atoms with van der Waals surface area (Å²) in [5.74, 6) is -1.63. The molecule has 0 saturated heterocycles. The number of nitrogens with one attached hydrogen (secondary N) is 2. The van der Waals surface area contributed by atoms with Crippen LogP contribution >= 0.6 is 0 Å². The van der Waals surface area contributed by atoms with Gasteiger partial charge in [0.05, 0.1) is 12.3 Å². The van der Waals surface area contributed by atoms with Gasteiger partial charge in [-0.1, -0.05) is 12.1 Å². The van der Waals surface area contributed by atoms with Crippen molar-refractivity contribution < 1.29 is 18.7 Å². The van der Waals surface area contributed by atoms with E-state index in [2.05, 4.69) is 10.6 Å². The highest BCUT2D eigenvalue weighted by Gasteiger charge is 2.16. The molecule has 2 aromatic rings. The van der Waals surface area contributed by atoms with E-state index in [0.29, 0.717) is 23.7 Å². The lowest BCUT2D eigenvalue weighted by Gasteiger charge is -2.11. The van der Waals surface area contributed by atoms with Crippen molar-refractivity contribution in [1.29, 1.82) is 0 Å². The minimum absolute atomic E-state index is 0.333. The first-order chi connectivity index (χ1) is 10.6. The van der Waals surface area contributed by atoms with Crippen LogP contribution in [0.4, 0.5) is 15.8 Å². The second-order valence-corrected chi connectivity index (χ2v) is 4.34. The fourth-order valence-corrected chi connectivity index (χ4v) is 1.75. The van der Waals surface area contributed by atoms with Gasteiger partial charge in [-0.25, -0.2) is 4.39 Å². The first-order valence-electron chi connectivity index (χ1n) is 6.70. The molecule has 114 valence electrons. The lowest BCUT2D eigenvalue weighted by Crippen LogP contribution is -2.29. The Morgan fingerprint density at radius 1 is 1.00 bits per heavy atom. The molecule has 0 saturated carbocycles. The van der Waals surface area contributed by atoms with E-state index in [1.807, 2.05) is 6.92 Å². The van der Waals surface area contributed by atoms with E-state index in [9.17, 15) is 14.0 Å². The average molecular weight is 302 g/mol. The zero-order valence-electron chi connectivity index (χ0n) is 11.9. The molecule has 0 aliphatic rings. The molecule has 0 spiro atoms. The van der Waals surface area contributed by atoms with Crippen molar-refractivity contribution in [2.75, 3.05) is 17.2 Å². The Morgan fingerprint density at radius 2 is 1.64 bits per heavy atom. The van der Waals surface area contributed by atoms with Crippen LogP contribution < -0.4 is 15.4 Å². The molecule has 0 aromatic heterocycles. The van der Waals surface area contributed by atoms with Crippen LogP contribution in [0.25, 0.3) is 0 Å². The molecule has 0 aliphatic carbocycles. The number of carbonyl (C=O) groups excluding carboxylic acids is 2. The van der Waals surface area contributed by atoms with E-state index in [4.69, 9.17) is 4.74 Å². The third-order valence-corrected chi connectivity index (χ3v) is 2.74.